The van der Waals surface area contributed by atoms with E-state index in [-0.39, 0.29) is 17.4 Å². The molecule has 140 valence electrons. The molecule has 3 N–H and O–H groups in total. The lowest BCUT2D eigenvalue weighted by Gasteiger charge is -2.10. The predicted molar refractivity (Wildman–Crippen MR) is 104 cm³/mol. The van der Waals surface area contributed by atoms with E-state index in [1.165, 1.54) is 41.7 Å². The molecular weight excluding hydrogens is 392 g/mol. The lowest BCUT2D eigenvalue weighted by Crippen LogP contribution is -2.49. The standard InChI is InChI=1S/C16H14N4O5S2/c21-14(8-7-13-2-1-9-27-13)17-16(26)19-18-15(22)10-25-12-5-3-11(4-6-12)20(23)24/h1-9H,10H2,(H,18,22)(H2,17,19,21,26). The Morgan fingerprint density at radius 3 is 2.59 bits per heavy atom. The predicted octanol–water partition coefficient (Wildman–Crippen LogP) is 1.77. The van der Waals surface area contributed by atoms with Gasteiger partial charge in [0.1, 0.15) is 5.75 Å². The van der Waals surface area contributed by atoms with E-state index in [0.717, 1.165) is 4.88 Å². The van der Waals surface area contributed by atoms with E-state index in [2.05, 4.69) is 16.2 Å². The molecule has 1 aromatic carbocycles. The number of nitrogens with zero attached hydrogens (tertiary/aromatic N) is 1. The molecule has 0 atom stereocenters. The van der Waals surface area contributed by atoms with E-state index in [1.807, 2.05) is 17.5 Å². The number of rotatable bonds is 6. The smallest absolute Gasteiger partial charge is 0.276 e. The highest BCUT2D eigenvalue weighted by molar-refractivity contribution is 7.80. The Labute approximate surface area is 163 Å². The van der Waals surface area contributed by atoms with Gasteiger partial charge < -0.3 is 4.74 Å². The normalized spacial score (nSPS) is 10.2. The molecule has 2 rings (SSSR count). The summed E-state index contributed by atoms with van der Waals surface area (Å²) in [5.41, 5.74) is 4.54. The lowest BCUT2D eigenvalue weighted by atomic mass is 10.3. The zero-order valence-electron chi connectivity index (χ0n) is 13.7. The number of amides is 2. The zero-order valence-corrected chi connectivity index (χ0v) is 15.3. The van der Waals surface area contributed by atoms with E-state index in [4.69, 9.17) is 17.0 Å². The average molecular weight is 406 g/mol. The molecule has 0 fully saturated rings. The third kappa shape index (κ3) is 7.22. The molecule has 0 spiro atoms. The second kappa shape index (κ2) is 9.99. The van der Waals surface area contributed by atoms with Crippen LogP contribution in [0.25, 0.3) is 6.08 Å². The Bertz CT molecular complexity index is 850. The molecule has 0 saturated heterocycles. The van der Waals surface area contributed by atoms with Gasteiger partial charge in [-0.25, -0.2) is 0 Å². The number of nitro benzene ring substituents is 1. The Hall–Kier alpha value is -3.31. The Morgan fingerprint density at radius 1 is 1.22 bits per heavy atom. The summed E-state index contributed by atoms with van der Waals surface area (Å²) in [6, 6.07) is 9.01. The number of hydrogen-bond donors (Lipinski definition) is 3. The SMILES string of the molecule is O=C(C=Cc1cccs1)NC(=S)NNC(=O)COc1ccc([N+](=O)[O-])cc1. The summed E-state index contributed by atoms with van der Waals surface area (Å²) in [7, 11) is 0. The molecule has 2 amide bonds. The summed E-state index contributed by atoms with van der Waals surface area (Å²) in [5, 5.41) is 14.7. The molecule has 27 heavy (non-hydrogen) atoms. The van der Waals surface area contributed by atoms with Gasteiger partial charge in [-0.15, -0.1) is 11.3 Å². The second-order valence-corrected chi connectivity index (χ2v) is 6.27. The van der Waals surface area contributed by atoms with Gasteiger partial charge in [-0.05, 0) is 41.9 Å². The monoisotopic (exact) mass is 406 g/mol. The van der Waals surface area contributed by atoms with Gasteiger partial charge in [-0.3, -0.25) is 35.9 Å². The average Bonchev–Trinajstić information content (AvgIpc) is 3.17. The lowest BCUT2D eigenvalue weighted by molar-refractivity contribution is -0.384. The number of thiocarbonyl (C=S) groups is 1. The van der Waals surface area contributed by atoms with Crippen LogP contribution in [0, 0.1) is 10.1 Å². The van der Waals surface area contributed by atoms with Crippen LogP contribution < -0.4 is 20.9 Å². The van der Waals surface area contributed by atoms with Gasteiger partial charge in [0.2, 0.25) is 5.91 Å². The molecule has 0 saturated carbocycles. The first-order valence-corrected chi connectivity index (χ1v) is 8.71. The molecule has 0 aliphatic carbocycles. The number of ether oxygens (including phenoxy) is 1. The van der Waals surface area contributed by atoms with Crippen LogP contribution in [0.5, 0.6) is 5.75 Å². The fourth-order valence-electron chi connectivity index (χ4n) is 1.70. The summed E-state index contributed by atoms with van der Waals surface area (Å²) in [4.78, 5) is 34.3. The third-order valence-corrected chi connectivity index (χ3v) is 3.95. The van der Waals surface area contributed by atoms with Gasteiger partial charge >= 0.3 is 0 Å². The number of non-ortho nitro benzene ring substituents is 1. The second-order valence-electron chi connectivity index (χ2n) is 4.88. The molecule has 0 aliphatic heterocycles. The maximum Gasteiger partial charge on any atom is 0.276 e. The highest BCUT2D eigenvalue weighted by Crippen LogP contribution is 2.17. The van der Waals surface area contributed by atoms with Crippen molar-refractivity contribution in [1.29, 1.82) is 0 Å². The van der Waals surface area contributed by atoms with Crippen molar-refractivity contribution < 1.29 is 19.2 Å². The van der Waals surface area contributed by atoms with Crippen molar-refractivity contribution in [3.05, 3.63) is 62.8 Å². The fourth-order valence-corrected chi connectivity index (χ4v) is 2.47. The van der Waals surface area contributed by atoms with Crippen LogP contribution in [0.4, 0.5) is 5.69 Å². The number of carbonyl (C=O) groups is 2. The highest BCUT2D eigenvalue weighted by atomic mass is 32.1. The van der Waals surface area contributed by atoms with E-state index in [9.17, 15) is 19.7 Å². The number of nitrogens with one attached hydrogen (secondary N) is 3. The van der Waals surface area contributed by atoms with E-state index >= 15 is 0 Å². The van der Waals surface area contributed by atoms with Gasteiger partial charge in [0.25, 0.3) is 11.6 Å². The minimum Gasteiger partial charge on any atom is -0.484 e. The van der Waals surface area contributed by atoms with Crippen LogP contribution in [0.3, 0.4) is 0 Å². The summed E-state index contributed by atoms with van der Waals surface area (Å²) in [6.07, 6.45) is 2.96. The van der Waals surface area contributed by atoms with Crippen molar-refractivity contribution in [2.75, 3.05) is 6.61 Å². The maximum absolute atomic E-state index is 11.7. The van der Waals surface area contributed by atoms with Gasteiger partial charge in [0.05, 0.1) is 4.92 Å². The van der Waals surface area contributed by atoms with Crippen molar-refractivity contribution >= 4 is 52.2 Å². The Balaban J connectivity index is 1.67. The molecule has 1 heterocycles. The first-order valence-electron chi connectivity index (χ1n) is 7.42. The molecule has 2 aromatic rings. The Kier molecular flexibility index (Phi) is 7.40. The topological polar surface area (TPSA) is 123 Å². The molecule has 11 heteroatoms. The number of hydrogen-bond acceptors (Lipinski definition) is 7. The van der Waals surface area contributed by atoms with E-state index < -0.39 is 16.7 Å². The van der Waals surface area contributed by atoms with Gasteiger partial charge in [0.15, 0.2) is 11.7 Å². The largest absolute Gasteiger partial charge is 0.484 e. The summed E-state index contributed by atoms with van der Waals surface area (Å²) < 4.78 is 5.18. The molecule has 0 aliphatic rings. The van der Waals surface area contributed by atoms with Crippen LogP contribution in [0.2, 0.25) is 0 Å². The molecule has 0 bridgehead atoms. The van der Waals surface area contributed by atoms with Crippen molar-refractivity contribution in [2.45, 2.75) is 0 Å². The first kappa shape index (κ1) is 20.0. The van der Waals surface area contributed by atoms with Gasteiger partial charge in [-0.1, -0.05) is 6.07 Å². The number of thiophene rings is 1. The molecule has 1 aromatic heterocycles. The minimum atomic E-state index is -0.556. The first-order chi connectivity index (χ1) is 12.9. The molecule has 0 radical (unpaired) electrons. The van der Waals surface area contributed by atoms with E-state index in [0.29, 0.717) is 5.75 Å². The molecular formula is C16H14N4O5S2. The maximum atomic E-state index is 11.7. The van der Waals surface area contributed by atoms with Crippen molar-refractivity contribution in [1.82, 2.24) is 16.2 Å². The number of benzene rings is 1. The molecule has 0 unspecified atom stereocenters. The van der Waals surface area contributed by atoms with Crippen LogP contribution in [-0.4, -0.2) is 28.5 Å². The fraction of sp³-hybridized carbons (Fsp3) is 0.0625. The van der Waals surface area contributed by atoms with Crippen LogP contribution >= 0.6 is 23.6 Å². The van der Waals surface area contributed by atoms with Crippen LogP contribution in [0.15, 0.2) is 47.9 Å². The van der Waals surface area contributed by atoms with Crippen molar-refractivity contribution in [2.24, 2.45) is 0 Å². The van der Waals surface area contributed by atoms with Gasteiger partial charge in [0, 0.05) is 23.1 Å². The van der Waals surface area contributed by atoms with Gasteiger partial charge in [-0.2, -0.15) is 0 Å². The summed E-state index contributed by atoms with van der Waals surface area (Å²) >= 11 is 6.37. The highest BCUT2D eigenvalue weighted by Gasteiger charge is 2.07. The third-order valence-electron chi connectivity index (χ3n) is 2.91. The van der Waals surface area contributed by atoms with Crippen molar-refractivity contribution in [3.8, 4) is 5.75 Å². The van der Waals surface area contributed by atoms with Crippen molar-refractivity contribution in [3.63, 3.8) is 0 Å². The minimum absolute atomic E-state index is 0.0808. The van der Waals surface area contributed by atoms with E-state index in [1.54, 1.807) is 6.08 Å². The number of carbonyl (C=O) groups excluding carboxylic acids is 2. The quantitative estimate of drug-likeness (QED) is 0.289. The summed E-state index contributed by atoms with van der Waals surface area (Å²) in [6.45, 7) is -0.348. The van der Waals surface area contributed by atoms with Crippen LogP contribution in [0.1, 0.15) is 4.88 Å². The molecule has 9 nitrogen and oxygen atoms in total. The zero-order chi connectivity index (χ0) is 19.6. The Morgan fingerprint density at radius 2 is 1.96 bits per heavy atom. The number of hydrazine groups is 1. The number of nitro groups is 1. The van der Waals surface area contributed by atoms with Crippen LogP contribution in [-0.2, 0) is 9.59 Å². The summed E-state index contributed by atoms with van der Waals surface area (Å²) in [5.74, 6) is -0.707.